The molecule has 3 saturated heterocycles. The topological polar surface area (TPSA) is 34.6 Å². The number of hydrogen-bond donors (Lipinski definition) is 0. The van der Waals surface area contributed by atoms with Crippen LogP contribution in [0.15, 0.2) is 30.5 Å². The molecule has 4 nitrogen and oxygen atoms in total. The number of pyridine rings is 1. The summed E-state index contributed by atoms with van der Waals surface area (Å²) in [5, 5.41) is 1.21. The summed E-state index contributed by atoms with van der Waals surface area (Å²) in [4.78, 5) is 7.63. The molecule has 0 amide bonds. The summed E-state index contributed by atoms with van der Waals surface area (Å²) in [5.74, 6) is 2.57. The third kappa shape index (κ3) is 7.59. The van der Waals surface area contributed by atoms with E-state index in [-0.39, 0.29) is 5.60 Å². The fourth-order valence-corrected chi connectivity index (χ4v) is 7.74. The van der Waals surface area contributed by atoms with Crippen molar-refractivity contribution in [3.05, 3.63) is 36.0 Å². The van der Waals surface area contributed by atoms with E-state index in [0.717, 1.165) is 42.6 Å². The van der Waals surface area contributed by atoms with E-state index in [1.807, 2.05) is 12.3 Å². The van der Waals surface area contributed by atoms with Crippen LogP contribution >= 0.6 is 0 Å². The minimum absolute atomic E-state index is 0.306. The molecular weight excluding hydrogens is 492 g/mol. The zero-order chi connectivity index (χ0) is 28.2. The van der Waals surface area contributed by atoms with Gasteiger partial charge in [-0.15, -0.1) is 0 Å². The Hall–Kier alpha value is -1.65. The molecule has 3 aliphatic heterocycles. The Balaban J connectivity index is 1.68. The summed E-state index contributed by atoms with van der Waals surface area (Å²) in [6, 6.07) is 9.11. The molecule has 224 valence electrons. The van der Waals surface area contributed by atoms with Crippen LogP contribution in [0.4, 0.5) is 0 Å². The molecule has 1 unspecified atom stereocenters. The first-order valence-corrected chi connectivity index (χ1v) is 17.0. The van der Waals surface area contributed by atoms with E-state index in [1.54, 1.807) is 7.11 Å². The van der Waals surface area contributed by atoms with Crippen LogP contribution in [0.2, 0.25) is 0 Å². The minimum Gasteiger partial charge on any atom is -0.497 e. The highest BCUT2D eigenvalue weighted by Crippen LogP contribution is 2.49. The van der Waals surface area contributed by atoms with Gasteiger partial charge >= 0.3 is 0 Å². The van der Waals surface area contributed by atoms with Gasteiger partial charge < -0.3 is 9.47 Å². The number of rotatable bonds is 19. The van der Waals surface area contributed by atoms with Crippen molar-refractivity contribution in [1.82, 2.24) is 9.88 Å². The smallest absolute Gasteiger partial charge is 0.119 e. The van der Waals surface area contributed by atoms with Gasteiger partial charge in [-0.1, -0.05) is 97.8 Å². The van der Waals surface area contributed by atoms with Crippen molar-refractivity contribution in [2.45, 2.75) is 135 Å². The van der Waals surface area contributed by atoms with Crippen molar-refractivity contribution in [3.8, 4) is 5.75 Å². The fourth-order valence-electron chi connectivity index (χ4n) is 7.74. The summed E-state index contributed by atoms with van der Waals surface area (Å²) in [7, 11) is 1.77. The predicted molar refractivity (Wildman–Crippen MR) is 169 cm³/mol. The maximum absolute atomic E-state index is 7.38. The van der Waals surface area contributed by atoms with Crippen LogP contribution < -0.4 is 4.74 Å². The van der Waals surface area contributed by atoms with E-state index >= 15 is 0 Å². The Bertz CT molecular complexity index is 1010. The molecule has 5 atom stereocenters. The molecule has 4 heteroatoms. The molecule has 0 saturated carbocycles. The average Bonchev–Trinajstić information content (AvgIpc) is 3.01. The number of nitrogens with zero attached hydrogens (tertiary/aromatic N) is 2. The average molecular weight is 551 g/mol. The van der Waals surface area contributed by atoms with Crippen LogP contribution in [0.3, 0.4) is 0 Å². The largest absolute Gasteiger partial charge is 0.497 e. The number of hydrogen-bond acceptors (Lipinski definition) is 4. The molecule has 1 aromatic heterocycles. The molecule has 2 aromatic rings. The molecule has 2 bridgehead atoms. The van der Waals surface area contributed by atoms with Crippen LogP contribution in [0.25, 0.3) is 10.9 Å². The van der Waals surface area contributed by atoms with E-state index in [1.165, 1.54) is 114 Å². The van der Waals surface area contributed by atoms with Crippen molar-refractivity contribution in [3.63, 3.8) is 0 Å². The van der Waals surface area contributed by atoms with Gasteiger partial charge in [0.2, 0.25) is 0 Å². The van der Waals surface area contributed by atoms with Crippen molar-refractivity contribution < 1.29 is 9.47 Å². The van der Waals surface area contributed by atoms with Crippen LogP contribution in [0.1, 0.15) is 129 Å². The Morgan fingerprint density at radius 3 is 2.30 bits per heavy atom. The maximum Gasteiger partial charge on any atom is 0.119 e. The van der Waals surface area contributed by atoms with E-state index in [2.05, 4.69) is 43.9 Å². The molecule has 3 aliphatic rings. The van der Waals surface area contributed by atoms with Crippen LogP contribution in [0.5, 0.6) is 5.75 Å². The number of benzene rings is 1. The van der Waals surface area contributed by atoms with Gasteiger partial charge in [-0.2, -0.15) is 0 Å². The highest BCUT2D eigenvalue weighted by molar-refractivity contribution is 5.84. The quantitative estimate of drug-likeness (QED) is 0.163. The SMILES string of the molecule is CCCCCCCCO[C@](CCCCCCCC)(c1ccnc2ccc(OC)cc12)[C@@H]1C[C@@H]2CCN1C[C@@H]2CC. The Labute approximate surface area is 245 Å². The lowest BCUT2D eigenvalue weighted by Gasteiger charge is -2.56. The minimum atomic E-state index is -0.306. The van der Waals surface area contributed by atoms with Gasteiger partial charge in [0.25, 0.3) is 0 Å². The van der Waals surface area contributed by atoms with Crippen LogP contribution in [-0.2, 0) is 10.3 Å². The molecule has 5 rings (SSSR count). The van der Waals surface area contributed by atoms with Gasteiger partial charge in [-0.3, -0.25) is 9.88 Å². The molecule has 4 heterocycles. The van der Waals surface area contributed by atoms with Crippen molar-refractivity contribution >= 4 is 10.9 Å². The number of piperidine rings is 3. The normalized spacial score (nSPS) is 23.9. The summed E-state index contributed by atoms with van der Waals surface area (Å²) < 4.78 is 13.1. The molecule has 0 radical (unpaired) electrons. The molecule has 40 heavy (non-hydrogen) atoms. The number of methoxy groups -OCH3 is 1. The van der Waals surface area contributed by atoms with Gasteiger partial charge in [-0.05, 0) is 73.9 Å². The van der Waals surface area contributed by atoms with Crippen molar-refractivity contribution in [1.29, 1.82) is 0 Å². The summed E-state index contributed by atoms with van der Waals surface area (Å²) in [6.45, 7) is 10.3. The third-order valence-corrected chi connectivity index (χ3v) is 10.1. The molecule has 0 aliphatic carbocycles. The van der Waals surface area contributed by atoms with E-state index in [9.17, 15) is 0 Å². The van der Waals surface area contributed by atoms with Crippen LogP contribution in [0, 0.1) is 11.8 Å². The molecular formula is C36H58N2O2. The monoisotopic (exact) mass is 550 g/mol. The highest BCUT2D eigenvalue weighted by Gasteiger charge is 2.51. The first-order valence-electron chi connectivity index (χ1n) is 17.0. The molecule has 1 aromatic carbocycles. The number of aromatic nitrogens is 1. The van der Waals surface area contributed by atoms with Gasteiger partial charge in [0.1, 0.15) is 11.4 Å². The number of unbranched alkanes of at least 4 members (excludes halogenated alkanes) is 10. The fraction of sp³-hybridized carbons (Fsp3) is 0.750. The van der Waals surface area contributed by atoms with Gasteiger partial charge in [0.05, 0.1) is 12.6 Å². The van der Waals surface area contributed by atoms with Crippen LogP contribution in [-0.4, -0.2) is 42.7 Å². The van der Waals surface area contributed by atoms with Gasteiger partial charge in [0.15, 0.2) is 0 Å². The summed E-state index contributed by atoms with van der Waals surface area (Å²) in [6.07, 6.45) is 22.6. The first-order chi connectivity index (χ1) is 19.7. The first kappa shape index (κ1) is 31.3. The van der Waals surface area contributed by atoms with Gasteiger partial charge in [-0.25, -0.2) is 0 Å². The zero-order valence-corrected chi connectivity index (χ0v) is 26.3. The number of ether oxygens (including phenoxy) is 2. The second-order valence-corrected chi connectivity index (χ2v) is 12.7. The van der Waals surface area contributed by atoms with Crippen molar-refractivity contribution in [2.24, 2.45) is 11.8 Å². The van der Waals surface area contributed by atoms with E-state index in [4.69, 9.17) is 14.5 Å². The second-order valence-electron chi connectivity index (χ2n) is 12.7. The Morgan fingerprint density at radius 2 is 1.62 bits per heavy atom. The predicted octanol–water partition coefficient (Wildman–Crippen LogP) is 9.69. The highest BCUT2D eigenvalue weighted by atomic mass is 16.5. The molecule has 0 N–H and O–H groups in total. The summed E-state index contributed by atoms with van der Waals surface area (Å²) in [5.41, 5.74) is 2.09. The number of fused-ring (bicyclic) bond motifs is 4. The van der Waals surface area contributed by atoms with Crippen molar-refractivity contribution in [2.75, 3.05) is 26.8 Å². The Morgan fingerprint density at radius 1 is 0.900 bits per heavy atom. The summed E-state index contributed by atoms with van der Waals surface area (Å²) >= 11 is 0. The second kappa shape index (κ2) is 16.1. The maximum atomic E-state index is 7.38. The molecule has 3 fully saturated rings. The van der Waals surface area contributed by atoms with Gasteiger partial charge in [0, 0.05) is 30.8 Å². The lowest BCUT2D eigenvalue weighted by molar-refractivity contribution is -0.155. The Kier molecular flexibility index (Phi) is 12.6. The molecule has 0 spiro atoms. The zero-order valence-electron chi connectivity index (χ0n) is 26.3. The van der Waals surface area contributed by atoms with E-state index < -0.39 is 0 Å². The van der Waals surface area contributed by atoms with E-state index in [0.29, 0.717) is 6.04 Å². The lowest BCUT2D eigenvalue weighted by atomic mass is 9.67. The standard InChI is InChI=1S/C36H58N2O2/c1-5-8-10-12-14-16-22-36(40-25-17-15-13-11-9-6-2,35-26-30-21-24-38(35)28-29(30)7-3)33-20-23-37-34-19-18-31(39-4)27-32(33)34/h18-20,23,27,29-30,35H,5-17,21-22,24-26,28H2,1-4H3/t29-,30-,35-,36+/m0/s1. The third-order valence-electron chi connectivity index (χ3n) is 10.1. The lowest BCUT2D eigenvalue weighted by Crippen LogP contribution is -2.61.